The van der Waals surface area contributed by atoms with Crippen LogP contribution < -0.4 is 5.73 Å². The van der Waals surface area contributed by atoms with E-state index in [0.717, 1.165) is 10.6 Å². The van der Waals surface area contributed by atoms with E-state index in [0.29, 0.717) is 10.6 Å². The van der Waals surface area contributed by atoms with Crippen molar-refractivity contribution in [1.29, 1.82) is 0 Å². The van der Waals surface area contributed by atoms with Crippen LogP contribution in [0.15, 0.2) is 28.3 Å². The van der Waals surface area contributed by atoms with Crippen LogP contribution in [0, 0.1) is 5.92 Å². The third-order valence-corrected chi connectivity index (χ3v) is 4.00. The normalized spacial score (nSPS) is 13.7. The van der Waals surface area contributed by atoms with Crippen LogP contribution in [-0.4, -0.2) is 28.5 Å². The molecular weight excluding hydrogens is 260 g/mol. The lowest BCUT2D eigenvalue weighted by Gasteiger charge is -2.09. The Kier molecular flexibility index (Phi) is 5.61. The number of halogens is 1. The smallest absolute Gasteiger partial charge is 0.170 e. The van der Waals surface area contributed by atoms with Gasteiger partial charge in [-0.3, -0.25) is 0 Å². The summed E-state index contributed by atoms with van der Waals surface area (Å²) < 4.78 is 0. The van der Waals surface area contributed by atoms with Crippen molar-refractivity contribution in [1.82, 2.24) is 0 Å². The summed E-state index contributed by atoms with van der Waals surface area (Å²) in [6, 6.07) is 5.22. The fourth-order valence-electron chi connectivity index (χ4n) is 1.12. The molecule has 0 saturated carbocycles. The van der Waals surface area contributed by atoms with Crippen molar-refractivity contribution in [3.8, 4) is 0 Å². The number of nitrogens with two attached hydrogens (primary N) is 1. The van der Waals surface area contributed by atoms with Gasteiger partial charge >= 0.3 is 0 Å². The van der Waals surface area contributed by atoms with Gasteiger partial charge in [0.05, 0.1) is 5.02 Å². The minimum atomic E-state index is 0.0344. The average Bonchev–Trinajstić information content (AvgIpc) is 2.35. The topological polar surface area (TPSA) is 78.8 Å². The molecule has 6 heteroatoms. The summed E-state index contributed by atoms with van der Waals surface area (Å²) >= 11 is 7.65. The van der Waals surface area contributed by atoms with Crippen LogP contribution in [0.25, 0.3) is 0 Å². The van der Waals surface area contributed by atoms with Gasteiger partial charge in [0.2, 0.25) is 0 Å². The second-order valence-electron chi connectivity index (χ2n) is 3.73. The van der Waals surface area contributed by atoms with E-state index >= 15 is 0 Å². The van der Waals surface area contributed by atoms with Gasteiger partial charge in [0.1, 0.15) is 0 Å². The van der Waals surface area contributed by atoms with Crippen molar-refractivity contribution in [2.45, 2.75) is 11.8 Å². The van der Waals surface area contributed by atoms with Crippen LogP contribution in [0.1, 0.15) is 12.5 Å². The molecule has 0 heterocycles. The fraction of sp³-hybridized carbons (Fsp3) is 0.364. The number of hydrogen-bond acceptors (Lipinski definition) is 4. The zero-order chi connectivity index (χ0) is 12.8. The fourth-order valence-corrected chi connectivity index (χ4v) is 2.39. The van der Waals surface area contributed by atoms with E-state index in [1.165, 1.54) is 0 Å². The van der Waals surface area contributed by atoms with Gasteiger partial charge in [0.15, 0.2) is 5.84 Å². The number of oxime groups is 1. The number of amidine groups is 1. The van der Waals surface area contributed by atoms with Crippen molar-refractivity contribution in [3.05, 3.63) is 28.8 Å². The summed E-state index contributed by atoms with van der Waals surface area (Å²) in [6.07, 6.45) is 0. The van der Waals surface area contributed by atoms with Crippen molar-refractivity contribution in [2.24, 2.45) is 16.8 Å². The summed E-state index contributed by atoms with van der Waals surface area (Å²) in [7, 11) is 0. The third kappa shape index (κ3) is 4.11. The minimum absolute atomic E-state index is 0.0344. The Bertz CT molecular complexity index is 412. The number of thioether (sulfide) groups is 1. The third-order valence-electron chi connectivity index (χ3n) is 2.17. The Balaban J connectivity index is 2.76. The summed E-state index contributed by atoms with van der Waals surface area (Å²) in [4.78, 5) is 0.918. The van der Waals surface area contributed by atoms with Crippen LogP contribution >= 0.6 is 23.4 Å². The summed E-state index contributed by atoms with van der Waals surface area (Å²) in [6.45, 7) is 2.12. The van der Waals surface area contributed by atoms with E-state index in [4.69, 9.17) is 27.6 Å². The second-order valence-corrected chi connectivity index (χ2v) is 5.20. The van der Waals surface area contributed by atoms with Gasteiger partial charge < -0.3 is 16.0 Å². The first-order valence-electron chi connectivity index (χ1n) is 5.09. The van der Waals surface area contributed by atoms with E-state index in [-0.39, 0.29) is 18.4 Å². The van der Waals surface area contributed by atoms with Gasteiger partial charge in [-0.25, -0.2) is 0 Å². The zero-order valence-electron chi connectivity index (χ0n) is 9.43. The predicted molar refractivity (Wildman–Crippen MR) is 70.9 cm³/mol. The molecule has 0 aromatic heterocycles. The maximum Gasteiger partial charge on any atom is 0.170 e. The van der Waals surface area contributed by atoms with Crippen LogP contribution in [0.2, 0.25) is 5.02 Å². The lowest BCUT2D eigenvalue weighted by molar-refractivity contribution is 0.250. The molecule has 1 aromatic rings. The second kappa shape index (κ2) is 6.74. The standard InChI is InChI=1S/C11H15ClN2O2S/c1-7(5-15)6-17-10-3-2-8(4-9(10)12)11(13)14-16/h2-4,7,15-16H,5-6H2,1H3,(H2,13,14). The van der Waals surface area contributed by atoms with Gasteiger partial charge in [-0.05, 0) is 24.1 Å². The molecule has 17 heavy (non-hydrogen) atoms. The van der Waals surface area contributed by atoms with Crippen molar-refractivity contribution in [2.75, 3.05) is 12.4 Å². The Morgan fingerprint density at radius 3 is 2.82 bits per heavy atom. The van der Waals surface area contributed by atoms with Gasteiger partial charge in [-0.15, -0.1) is 11.8 Å². The lowest BCUT2D eigenvalue weighted by Crippen LogP contribution is -2.12. The Morgan fingerprint density at radius 2 is 2.29 bits per heavy atom. The highest BCUT2D eigenvalue weighted by atomic mass is 35.5. The highest BCUT2D eigenvalue weighted by molar-refractivity contribution is 7.99. The average molecular weight is 275 g/mol. The highest BCUT2D eigenvalue weighted by Gasteiger charge is 2.07. The van der Waals surface area contributed by atoms with Crippen LogP contribution in [-0.2, 0) is 0 Å². The number of nitrogens with zero attached hydrogens (tertiary/aromatic N) is 1. The largest absolute Gasteiger partial charge is 0.409 e. The van der Waals surface area contributed by atoms with Crippen molar-refractivity contribution < 1.29 is 10.3 Å². The van der Waals surface area contributed by atoms with Gasteiger partial charge in [-0.1, -0.05) is 23.7 Å². The summed E-state index contributed by atoms with van der Waals surface area (Å²) in [5.41, 5.74) is 6.04. The Hall–Kier alpha value is -0.910. The van der Waals surface area contributed by atoms with E-state index < -0.39 is 0 Å². The molecule has 0 spiro atoms. The zero-order valence-corrected chi connectivity index (χ0v) is 11.0. The molecule has 94 valence electrons. The van der Waals surface area contributed by atoms with E-state index in [1.807, 2.05) is 13.0 Å². The number of hydrogen-bond donors (Lipinski definition) is 3. The minimum Gasteiger partial charge on any atom is -0.409 e. The van der Waals surface area contributed by atoms with Gasteiger partial charge in [0, 0.05) is 22.8 Å². The van der Waals surface area contributed by atoms with Crippen molar-refractivity contribution >= 4 is 29.2 Å². The summed E-state index contributed by atoms with van der Waals surface area (Å²) in [5.74, 6) is 1.05. The van der Waals surface area contributed by atoms with Crippen LogP contribution in [0.5, 0.6) is 0 Å². The number of aliphatic hydroxyl groups excluding tert-OH is 1. The first-order chi connectivity index (χ1) is 8.08. The number of aliphatic hydroxyl groups is 1. The first-order valence-corrected chi connectivity index (χ1v) is 6.46. The van der Waals surface area contributed by atoms with E-state index in [1.54, 1.807) is 23.9 Å². The molecule has 0 aliphatic carbocycles. The number of benzene rings is 1. The summed E-state index contributed by atoms with van der Waals surface area (Å²) in [5, 5.41) is 20.9. The molecule has 0 bridgehead atoms. The monoisotopic (exact) mass is 274 g/mol. The molecule has 1 unspecified atom stereocenters. The molecular formula is C11H15ClN2O2S. The Labute approximate surface area is 109 Å². The molecule has 0 aliphatic rings. The van der Waals surface area contributed by atoms with Crippen LogP contribution in [0.3, 0.4) is 0 Å². The SMILES string of the molecule is CC(CO)CSc1ccc(C(N)=NO)cc1Cl. The molecule has 0 saturated heterocycles. The molecule has 4 nitrogen and oxygen atoms in total. The molecule has 4 N–H and O–H groups in total. The quantitative estimate of drug-likeness (QED) is 0.253. The molecule has 1 rings (SSSR count). The molecule has 1 atom stereocenters. The highest BCUT2D eigenvalue weighted by Crippen LogP contribution is 2.29. The molecule has 0 amide bonds. The maximum absolute atomic E-state index is 8.92. The molecule has 0 aliphatic heterocycles. The predicted octanol–water partition coefficient (Wildman–Crippen LogP) is 2.16. The van der Waals surface area contributed by atoms with E-state index in [2.05, 4.69) is 5.16 Å². The van der Waals surface area contributed by atoms with Crippen LogP contribution in [0.4, 0.5) is 0 Å². The molecule has 1 aromatic carbocycles. The van der Waals surface area contributed by atoms with Gasteiger partial charge in [0.25, 0.3) is 0 Å². The van der Waals surface area contributed by atoms with E-state index in [9.17, 15) is 0 Å². The first kappa shape index (κ1) is 14.2. The van der Waals surface area contributed by atoms with Gasteiger partial charge in [-0.2, -0.15) is 0 Å². The lowest BCUT2D eigenvalue weighted by atomic mass is 10.2. The number of rotatable bonds is 5. The Morgan fingerprint density at radius 1 is 1.59 bits per heavy atom. The van der Waals surface area contributed by atoms with Crippen molar-refractivity contribution in [3.63, 3.8) is 0 Å². The maximum atomic E-state index is 8.92. The molecule has 0 radical (unpaired) electrons. The molecule has 0 fully saturated rings.